The number of hydrogen-bond acceptors (Lipinski definition) is 5. The van der Waals surface area contributed by atoms with Crippen LogP contribution in [0.4, 0.5) is 4.79 Å². The lowest BCUT2D eigenvalue weighted by molar-refractivity contribution is -0.145. The summed E-state index contributed by atoms with van der Waals surface area (Å²) in [5, 5.41) is -0.466. The fourth-order valence-corrected chi connectivity index (χ4v) is 4.29. The highest BCUT2D eigenvalue weighted by atomic mass is 79.9. The normalized spacial score (nSPS) is 15.5. The van der Waals surface area contributed by atoms with Gasteiger partial charge in [0, 0.05) is 21.5 Å². The second-order valence-electron chi connectivity index (χ2n) is 6.67. The second kappa shape index (κ2) is 8.59. The molecule has 0 unspecified atom stereocenters. The van der Waals surface area contributed by atoms with Crippen molar-refractivity contribution in [2.24, 2.45) is 0 Å². The van der Waals surface area contributed by atoms with Crippen molar-refractivity contribution in [3.63, 3.8) is 0 Å². The van der Waals surface area contributed by atoms with E-state index in [2.05, 4.69) is 26.6 Å². The summed E-state index contributed by atoms with van der Waals surface area (Å²) in [6.45, 7) is 7.50. The van der Waals surface area contributed by atoms with Gasteiger partial charge in [-0.3, -0.25) is 19.3 Å². The number of halogens is 1. The molecule has 0 aliphatic carbocycles. The van der Waals surface area contributed by atoms with Crippen LogP contribution in [0.25, 0.3) is 11.8 Å². The van der Waals surface area contributed by atoms with Gasteiger partial charge in [-0.05, 0) is 80.9 Å². The first-order valence-corrected chi connectivity index (χ1v) is 10.7. The summed E-state index contributed by atoms with van der Waals surface area (Å²) in [7, 11) is 0. The van der Waals surface area contributed by atoms with Crippen molar-refractivity contribution in [3.8, 4) is 5.69 Å². The van der Waals surface area contributed by atoms with E-state index in [4.69, 9.17) is 4.74 Å². The van der Waals surface area contributed by atoms with E-state index in [0.29, 0.717) is 4.91 Å². The SMILES string of the molecule is CCOC(=O)CN1C(=O)S/C(=C/c2cc(C)n(-c3ccc(Br)c(C)c3)c2C)C1=O. The Balaban J connectivity index is 1.91. The number of ether oxygens (including phenoxy) is 1. The van der Waals surface area contributed by atoms with Gasteiger partial charge in [0.1, 0.15) is 6.54 Å². The Labute approximate surface area is 182 Å². The lowest BCUT2D eigenvalue weighted by Crippen LogP contribution is -2.34. The zero-order chi connectivity index (χ0) is 21.3. The summed E-state index contributed by atoms with van der Waals surface area (Å²) >= 11 is 4.35. The Hall–Kier alpha value is -2.32. The molecule has 0 N–H and O–H groups in total. The Morgan fingerprint density at radius 2 is 1.93 bits per heavy atom. The van der Waals surface area contributed by atoms with E-state index in [9.17, 15) is 14.4 Å². The molecule has 2 amide bonds. The molecule has 29 heavy (non-hydrogen) atoms. The van der Waals surface area contributed by atoms with E-state index >= 15 is 0 Å². The van der Waals surface area contributed by atoms with Gasteiger partial charge in [-0.1, -0.05) is 15.9 Å². The topological polar surface area (TPSA) is 68.6 Å². The Morgan fingerprint density at radius 1 is 1.21 bits per heavy atom. The summed E-state index contributed by atoms with van der Waals surface area (Å²) in [4.78, 5) is 37.7. The summed E-state index contributed by atoms with van der Waals surface area (Å²) in [5.41, 5.74) is 4.97. The molecule has 0 saturated carbocycles. The van der Waals surface area contributed by atoms with Crippen LogP contribution in [0.15, 0.2) is 33.6 Å². The van der Waals surface area contributed by atoms with E-state index < -0.39 is 17.1 Å². The Morgan fingerprint density at radius 3 is 2.59 bits per heavy atom. The monoisotopic (exact) mass is 476 g/mol. The van der Waals surface area contributed by atoms with E-state index in [0.717, 1.165) is 49.3 Å². The van der Waals surface area contributed by atoms with E-state index in [1.165, 1.54) is 0 Å². The van der Waals surface area contributed by atoms with Crippen LogP contribution in [0.2, 0.25) is 0 Å². The zero-order valence-corrected chi connectivity index (χ0v) is 19.0. The molecular formula is C21H21BrN2O4S. The number of hydrogen-bond donors (Lipinski definition) is 0. The highest BCUT2D eigenvalue weighted by Crippen LogP contribution is 2.34. The first-order chi connectivity index (χ1) is 13.7. The fraction of sp³-hybridized carbons (Fsp3) is 0.286. The van der Waals surface area contributed by atoms with Crippen LogP contribution >= 0.6 is 27.7 Å². The maximum atomic E-state index is 12.6. The van der Waals surface area contributed by atoms with E-state index in [1.807, 2.05) is 39.0 Å². The van der Waals surface area contributed by atoms with Gasteiger partial charge >= 0.3 is 5.97 Å². The van der Waals surface area contributed by atoms with Crippen molar-refractivity contribution < 1.29 is 19.1 Å². The summed E-state index contributed by atoms with van der Waals surface area (Å²) < 4.78 is 7.98. The maximum Gasteiger partial charge on any atom is 0.326 e. The van der Waals surface area contributed by atoms with Crippen LogP contribution in [0.5, 0.6) is 0 Å². The number of nitrogens with zero attached hydrogens (tertiary/aromatic N) is 2. The number of amides is 2. The summed E-state index contributed by atoms with van der Waals surface area (Å²) in [6, 6.07) is 8.09. The lowest BCUT2D eigenvalue weighted by atomic mass is 10.2. The minimum Gasteiger partial charge on any atom is -0.465 e. The molecule has 0 atom stereocenters. The first kappa shape index (κ1) is 21.4. The number of carbonyl (C=O) groups is 3. The smallest absolute Gasteiger partial charge is 0.326 e. The van der Waals surface area contributed by atoms with E-state index in [-0.39, 0.29) is 13.2 Å². The number of imide groups is 1. The average molecular weight is 477 g/mol. The molecule has 1 aliphatic rings. The largest absolute Gasteiger partial charge is 0.465 e. The Bertz CT molecular complexity index is 1040. The second-order valence-corrected chi connectivity index (χ2v) is 8.52. The van der Waals surface area contributed by atoms with Gasteiger partial charge in [0.05, 0.1) is 11.5 Å². The highest BCUT2D eigenvalue weighted by molar-refractivity contribution is 9.10. The summed E-state index contributed by atoms with van der Waals surface area (Å²) in [5.74, 6) is -1.07. The average Bonchev–Trinajstić information content (AvgIpc) is 3.08. The number of rotatable bonds is 5. The molecule has 3 rings (SSSR count). The molecule has 1 aromatic heterocycles. The molecule has 0 radical (unpaired) electrons. The van der Waals surface area contributed by atoms with Gasteiger partial charge in [-0.25, -0.2) is 0 Å². The molecule has 1 fully saturated rings. The molecule has 152 valence electrons. The van der Waals surface area contributed by atoms with Crippen molar-refractivity contribution in [1.29, 1.82) is 0 Å². The summed E-state index contributed by atoms with van der Waals surface area (Å²) in [6.07, 6.45) is 1.71. The third kappa shape index (κ3) is 4.33. The van der Waals surface area contributed by atoms with Crippen molar-refractivity contribution in [2.75, 3.05) is 13.2 Å². The van der Waals surface area contributed by atoms with Crippen LogP contribution in [0, 0.1) is 20.8 Å². The quantitative estimate of drug-likeness (QED) is 0.459. The number of carbonyl (C=O) groups excluding carboxylic acids is 3. The minimum atomic E-state index is -0.597. The fourth-order valence-electron chi connectivity index (χ4n) is 3.21. The van der Waals surface area contributed by atoms with Crippen molar-refractivity contribution in [1.82, 2.24) is 9.47 Å². The van der Waals surface area contributed by atoms with Crippen LogP contribution < -0.4 is 0 Å². The molecule has 2 aromatic rings. The van der Waals surface area contributed by atoms with Gasteiger partial charge in [-0.2, -0.15) is 0 Å². The Kier molecular flexibility index (Phi) is 6.33. The molecule has 2 heterocycles. The third-order valence-electron chi connectivity index (χ3n) is 4.62. The molecule has 0 spiro atoms. The predicted molar refractivity (Wildman–Crippen MR) is 117 cm³/mol. The maximum absolute atomic E-state index is 12.6. The van der Waals surface area contributed by atoms with Crippen LogP contribution in [0.1, 0.15) is 29.4 Å². The molecule has 8 heteroatoms. The number of aryl methyl sites for hydroxylation is 2. The zero-order valence-electron chi connectivity index (χ0n) is 16.6. The molecule has 1 aromatic carbocycles. The number of esters is 1. The molecule has 1 aliphatic heterocycles. The van der Waals surface area contributed by atoms with Gasteiger partial charge < -0.3 is 9.30 Å². The molecule has 0 bridgehead atoms. The molecule has 1 saturated heterocycles. The van der Waals surface area contributed by atoms with Crippen LogP contribution in [-0.4, -0.2) is 39.7 Å². The van der Waals surface area contributed by atoms with Crippen molar-refractivity contribution in [2.45, 2.75) is 27.7 Å². The van der Waals surface area contributed by atoms with Gasteiger partial charge in [0.2, 0.25) is 0 Å². The number of thioether (sulfide) groups is 1. The number of aromatic nitrogens is 1. The van der Waals surface area contributed by atoms with Crippen molar-refractivity contribution >= 4 is 50.9 Å². The van der Waals surface area contributed by atoms with Gasteiger partial charge in [0.25, 0.3) is 11.1 Å². The van der Waals surface area contributed by atoms with Gasteiger partial charge in [-0.15, -0.1) is 0 Å². The molecule has 6 nitrogen and oxygen atoms in total. The highest BCUT2D eigenvalue weighted by Gasteiger charge is 2.36. The van der Waals surface area contributed by atoms with Gasteiger partial charge in [0.15, 0.2) is 0 Å². The minimum absolute atomic E-state index is 0.201. The first-order valence-electron chi connectivity index (χ1n) is 9.09. The predicted octanol–water partition coefficient (Wildman–Crippen LogP) is 4.76. The third-order valence-corrected chi connectivity index (χ3v) is 6.42. The van der Waals surface area contributed by atoms with Crippen LogP contribution in [0.3, 0.4) is 0 Å². The van der Waals surface area contributed by atoms with Crippen LogP contribution in [-0.2, 0) is 14.3 Å². The van der Waals surface area contributed by atoms with Crippen molar-refractivity contribution in [3.05, 3.63) is 56.2 Å². The standard InChI is InChI=1S/C21H21BrN2O4S/c1-5-28-19(25)11-23-20(26)18(29-21(23)27)10-15-9-13(3)24(14(15)4)16-6-7-17(22)12(2)8-16/h6-10H,5,11H2,1-4H3/b18-10+. The molecular weight excluding hydrogens is 456 g/mol. The number of benzene rings is 1. The van der Waals surface area contributed by atoms with E-state index in [1.54, 1.807) is 13.0 Å². The lowest BCUT2D eigenvalue weighted by Gasteiger charge is -2.11.